The number of aliphatic hydroxyl groups is 1. The maximum Gasteiger partial charge on any atom is 0.378 e. The van der Waals surface area contributed by atoms with Gasteiger partial charge >= 0.3 is 14.0 Å². The Labute approximate surface area is 71.4 Å². The predicted molar refractivity (Wildman–Crippen MR) is 43.5 cm³/mol. The van der Waals surface area contributed by atoms with Crippen LogP contribution in [0.5, 0.6) is 0 Å². The fourth-order valence-corrected chi connectivity index (χ4v) is 0.865. The lowest BCUT2D eigenvalue weighted by Gasteiger charge is -2.00. The number of carbonyl (C=O) groups excluding carboxylic acids is 1. The van der Waals surface area contributed by atoms with E-state index < -0.39 is 5.97 Å². The molecule has 0 aliphatic carbocycles. The molecule has 3 nitrogen and oxygen atoms in total. The highest BCUT2D eigenvalue weighted by molar-refractivity contribution is 6.09. The number of carbonyl (C=O) groups is 1. The molecule has 0 unspecified atom stereocenters. The lowest BCUT2D eigenvalue weighted by Crippen LogP contribution is -2.02. The smallest absolute Gasteiger partial charge is 0.378 e. The van der Waals surface area contributed by atoms with Gasteiger partial charge in [0.25, 0.3) is 0 Å². The van der Waals surface area contributed by atoms with Gasteiger partial charge in [0.1, 0.15) is 0 Å². The van der Waals surface area contributed by atoms with Crippen LogP contribution in [-0.2, 0) is 11.3 Å². The molecule has 1 rings (SSSR count). The van der Waals surface area contributed by atoms with Crippen molar-refractivity contribution in [3.8, 4) is 0 Å². The summed E-state index contributed by atoms with van der Waals surface area (Å²) < 4.78 is 4.02. The molecule has 0 atom stereocenters. The first-order valence-corrected chi connectivity index (χ1v) is 3.39. The first-order chi connectivity index (χ1) is 5.77. The van der Waals surface area contributed by atoms with E-state index in [1.54, 1.807) is 18.2 Å². The Balaban J connectivity index is 2.93. The fourth-order valence-electron chi connectivity index (χ4n) is 0.865. The van der Waals surface area contributed by atoms with Gasteiger partial charge in [-0.3, -0.25) is 0 Å². The molecule has 1 N–H and O–H groups in total. The van der Waals surface area contributed by atoms with Crippen molar-refractivity contribution in [2.45, 2.75) is 6.61 Å². The van der Waals surface area contributed by atoms with Crippen molar-refractivity contribution >= 4 is 14.0 Å². The quantitative estimate of drug-likeness (QED) is 0.641. The average molecular weight is 162 g/mol. The van der Waals surface area contributed by atoms with Gasteiger partial charge in [0.05, 0.1) is 12.2 Å². The molecule has 12 heavy (non-hydrogen) atoms. The van der Waals surface area contributed by atoms with Gasteiger partial charge in [-0.15, -0.1) is 0 Å². The van der Waals surface area contributed by atoms with Crippen molar-refractivity contribution < 1.29 is 14.6 Å². The van der Waals surface area contributed by atoms with Gasteiger partial charge in [-0.05, 0) is 17.7 Å². The Morgan fingerprint density at radius 1 is 1.58 bits per heavy atom. The van der Waals surface area contributed by atoms with Crippen LogP contribution >= 0.6 is 0 Å². The molecule has 1 aromatic rings. The highest BCUT2D eigenvalue weighted by atomic mass is 16.5. The third-order valence-corrected chi connectivity index (χ3v) is 1.45. The third-order valence-electron chi connectivity index (χ3n) is 1.45. The van der Waals surface area contributed by atoms with Crippen LogP contribution in [0, 0.1) is 0 Å². The molecule has 0 aliphatic rings. The Bertz CT molecular complexity index is 285. The normalized spacial score (nSPS) is 9.42. The zero-order valence-electron chi connectivity index (χ0n) is 6.36. The first-order valence-electron chi connectivity index (χ1n) is 3.39. The molecule has 0 fully saturated rings. The fraction of sp³-hybridized carbons (Fsp3) is 0.125. The summed E-state index contributed by atoms with van der Waals surface area (Å²) in [5, 5.41) is 8.73. The first kappa shape index (κ1) is 8.81. The molecule has 0 saturated carbocycles. The van der Waals surface area contributed by atoms with Crippen molar-refractivity contribution in [1.82, 2.24) is 0 Å². The SMILES string of the molecule is [B]OC(=O)c1cccc(CO)c1. The van der Waals surface area contributed by atoms with Crippen molar-refractivity contribution in [2.24, 2.45) is 0 Å². The standard InChI is InChI=1S/C8H7BO3/c9-12-8(11)7-3-1-2-6(4-7)5-10/h1-4,10H,5H2. The van der Waals surface area contributed by atoms with Crippen LogP contribution in [-0.4, -0.2) is 19.1 Å². The van der Waals surface area contributed by atoms with Crippen molar-refractivity contribution in [1.29, 1.82) is 0 Å². The monoisotopic (exact) mass is 162 g/mol. The maximum absolute atomic E-state index is 10.9. The van der Waals surface area contributed by atoms with Crippen LogP contribution in [0.2, 0.25) is 0 Å². The van der Waals surface area contributed by atoms with Gasteiger partial charge in [0, 0.05) is 0 Å². The Hall–Kier alpha value is -1.29. The van der Waals surface area contributed by atoms with Gasteiger partial charge in [-0.1, -0.05) is 12.1 Å². The summed E-state index contributed by atoms with van der Waals surface area (Å²) >= 11 is 0. The summed E-state index contributed by atoms with van der Waals surface area (Å²) in [7, 11) is 4.68. The van der Waals surface area contributed by atoms with Crippen LogP contribution in [0.3, 0.4) is 0 Å². The van der Waals surface area contributed by atoms with Gasteiger partial charge in [0.2, 0.25) is 0 Å². The number of benzene rings is 1. The van der Waals surface area contributed by atoms with E-state index >= 15 is 0 Å². The van der Waals surface area contributed by atoms with E-state index in [-0.39, 0.29) is 6.61 Å². The third kappa shape index (κ3) is 1.86. The van der Waals surface area contributed by atoms with Crippen molar-refractivity contribution in [2.75, 3.05) is 0 Å². The highest BCUT2D eigenvalue weighted by Crippen LogP contribution is 2.05. The topological polar surface area (TPSA) is 46.5 Å². The van der Waals surface area contributed by atoms with Crippen LogP contribution in [0.4, 0.5) is 0 Å². The molecule has 0 aliphatic heterocycles. The number of rotatable bonds is 2. The van der Waals surface area contributed by atoms with E-state index in [4.69, 9.17) is 5.11 Å². The molecule has 4 heteroatoms. The molecule has 1 aromatic carbocycles. The minimum absolute atomic E-state index is 0.105. The Morgan fingerprint density at radius 2 is 2.33 bits per heavy atom. The van der Waals surface area contributed by atoms with Gasteiger partial charge in [0.15, 0.2) is 0 Å². The molecular formula is C8H7BO3. The molecule has 0 heterocycles. The summed E-state index contributed by atoms with van der Waals surface area (Å²) in [5.74, 6) is -0.606. The van der Waals surface area contributed by atoms with Crippen LogP contribution < -0.4 is 0 Å². The van der Waals surface area contributed by atoms with E-state index in [9.17, 15) is 4.79 Å². The van der Waals surface area contributed by atoms with E-state index in [1.807, 2.05) is 0 Å². The van der Waals surface area contributed by atoms with Gasteiger partial charge in [-0.2, -0.15) is 0 Å². The minimum Gasteiger partial charge on any atom is -0.540 e. The largest absolute Gasteiger partial charge is 0.540 e. The maximum atomic E-state index is 10.9. The second-order valence-corrected chi connectivity index (χ2v) is 2.26. The second kappa shape index (κ2) is 3.92. The van der Waals surface area contributed by atoms with Crippen LogP contribution in [0.1, 0.15) is 15.9 Å². The lowest BCUT2D eigenvalue weighted by molar-refractivity contribution is 0.0749. The zero-order valence-corrected chi connectivity index (χ0v) is 6.36. The minimum atomic E-state index is -0.606. The van der Waals surface area contributed by atoms with E-state index in [2.05, 4.69) is 12.7 Å². The van der Waals surface area contributed by atoms with E-state index in [0.717, 1.165) is 0 Å². The number of aliphatic hydroxyl groups excluding tert-OH is 1. The van der Waals surface area contributed by atoms with Crippen LogP contribution in [0.15, 0.2) is 24.3 Å². The highest BCUT2D eigenvalue weighted by Gasteiger charge is 2.03. The summed E-state index contributed by atoms with van der Waals surface area (Å²) in [5.41, 5.74) is 0.988. The molecule has 60 valence electrons. The van der Waals surface area contributed by atoms with E-state index in [0.29, 0.717) is 11.1 Å². The molecule has 0 aromatic heterocycles. The van der Waals surface area contributed by atoms with Crippen molar-refractivity contribution in [3.63, 3.8) is 0 Å². The number of hydrogen-bond donors (Lipinski definition) is 1. The number of hydrogen-bond acceptors (Lipinski definition) is 3. The molecule has 0 bridgehead atoms. The summed E-state index contributed by atoms with van der Waals surface area (Å²) in [4.78, 5) is 10.9. The Morgan fingerprint density at radius 3 is 2.92 bits per heavy atom. The second-order valence-electron chi connectivity index (χ2n) is 2.26. The molecule has 2 radical (unpaired) electrons. The summed E-state index contributed by atoms with van der Waals surface area (Å²) in [6, 6.07) is 6.44. The lowest BCUT2D eigenvalue weighted by atomic mass is 10.1. The Kier molecular flexibility index (Phi) is 2.88. The average Bonchev–Trinajstić information content (AvgIpc) is 2.17. The molecular weight excluding hydrogens is 155 g/mol. The summed E-state index contributed by atoms with van der Waals surface area (Å²) in [6.07, 6.45) is 0. The van der Waals surface area contributed by atoms with Gasteiger partial charge < -0.3 is 9.76 Å². The molecule has 0 spiro atoms. The van der Waals surface area contributed by atoms with E-state index in [1.165, 1.54) is 6.07 Å². The van der Waals surface area contributed by atoms with Gasteiger partial charge in [-0.25, -0.2) is 4.79 Å². The van der Waals surface area contributed by atoms with Crippen molar-refractivity contribution in [3.05, 3.63) is 35.4 Å². The van der Waals surface area contributed by atoms with Crippen LogP contribution in [0.25, 0.3) is 0 Å². The molecule has 0 saturated heterocycles. The molecule has 0 amide bonds. The summed E-state index contributed by atoms with van der Waals surface area (Å²) in [6.45, 7) is -0.105. The zero-order chi connectivity index (χ0) is 8.97. The predicted octanol–water partition coefficient (Wildman–Crippen LogP) is 0.419.